The number of benzene rings is 1. The number of amides is 2. The first-order valence-corrected chi connectivity index (χ1v) is 7.89. The molecular formula is C17H24N2O5. The summed E-state index contributed by atoms with van der Waals surface area (Å²) in [6, 6.07) is 6.55. The van der Waals surface area contributed by atoms with Crippen molar-refractivity contribution >= 4 is 23.5 Å². The van der Waals surface area contributed by atoms with Crippen LogP contribution in [0.2, 0.25) is 0 Å². The van der Waals surface area contributed by atoms with Crippen molar-refractivity contribution in [2.75, 3.05) is 32.2 Å². The Kier molecular flexibility index (Phi) is 9.14. The van der Waals surface area contributed by atoms with Crippen LogP contribution < -0.4 is 10.6 Å². The minimum atomic E-state index is -0.395. The van der Waals surface area contributed by atoms with Crippen LogP contribution in [-0.2, 0) is 19.1 Å². The van der Waals surface area contributed by atoms with E-state index in [1.165, 1.54) is 0 Å². The first-order chi connectivity index (χ1) is 11.6. The molecule has 0 heterocycles. The summed E-state index contributed by atoms with van der Waals surface area (Å²) >= 11 is 0. The Labute approximate surface area is 141 Å². The molecule has 24 heavy (non-hydrogen) atoms. The van der Waals surface area contributed by atoms with Gasteiger partial charge in [-0.15, -0.1) is 0 Å². The average molecular weight is 336 g/mol. The van der Waals surface area contributed by atoms with Gasteiger partial charge in [0.2, 0.25) is 5.91 Å². The molecule has 1 rings (SSSR count). The molecule has 0 aliphatic heterocycles. The third kappa shape index (κ3) is 7.73. The second kappa shape index (κ2) is 11.2. The van der Waals surface area contributed by atoms with Gasteiger partial charge in [0.1, 0.15) is 0 Å². The van der Waals surface area contributed by atoms with Crippen LogP contribution in [0.25, 0.3) is 0 Å². The van der Waals surface area contributed by atoms with Crippen molar-refractivity contribution in [2.24, 2.45) is 0 Å². The maximum absolute atomic E-state index is 11.9. The van der Waals surface area contributed by atoms with Crippen LogP contribution in [0.4, 0.5) is 5.69 Å². The quantitative estimate of drug-likeness (QED) is 0.501. The largest absolute Gasteiger partial charge is 0.466 e. The Hall–Kier alpha value is -2.41. The summed E-state index contributed by atoms with van der Waals surface area (Å²) in [5.74, 6) is -0.848. The van der Waals surface area contributed by atoms with Crippen LogP contribution in [0, 0.1) is 0 Å². The van der Waals surface area contributed by atoms with Crippen LogP contribution in [-0.4, -0.2) is 44.7 Å². The van der Waals surface area contributed by atoms with Gasteiger partial charge in [-0.1, -0.05) is 0 Å². The number of hydrogen-bond acceptors (Lipinski definition) is 5. The summed E-state index contributed by atoms with van der Waals surface area (Å²) in [5, 5.41) is 5.45. The number of carbonyl (C=O) groups is 3. The molecule has 0 bridgehead atoms. The van der Waals surface area contributed by atoms with E-state index in [-0.39, 0.29) is 24.7 Å². The van der Waals surface area contributed by atoms with Gasteiger partial charge in [-0.05, 0) is 37.6 Å². The molecule has 0 saturated carbocycles. The normalized spacial score (nSPS) is 10.1. The summed E-state index contributed by atoms with van der Waals surface area (Å²) in [4.78, 5) is 34.8. The molecule has 7 heteroatoms. The highest BCUT2D eigenvalue weighted by Gasteiger charge is 2.09. The van der Waals surface area contributed by atoms with E-state index in [9.17, 15) is 14.4 Å². The number of ether oxygens (including phenoxy) is 2. The zero-order valence-corrected chi connectivity index (χ0v) is 14.1. The van der Waals surface area contributed by atoms with Gasteiger partial charge in [-0.25, -0.2) is 0 Å². The molecule has 2 amide bonds. The van der Waals surface area contributed by atoms with Gasteiger partial charge in [-0.3, -0.25) is 14.4 Å². The van der Waals surface area contributed by atoms with Crippen molar-refractivity contribution in [3.63, 3.8) is 0 Å². The number of esters is 1. The van der Waals surface area contributed by atoms with E-state index in [0.717, 1.165) is 6.42 Å². The molecule has 0 fully saturated rings. The van der Waals surface area contributed by atoms with Crippen molar-refractivity contribution in [3.8, 4) is 0 Å². The SMILES string of the molecule is CCOC(=O)CCC(=O)Nc1ccc(C(=O)NCCCOC)cc1. The van der Waals surface area contributed by atoms with Crippen molar-refractivity contribution in [1.82, 2.24) is 5.32 Å². The molecular weight excluding hydrogens is 312 g/mol. The smallest absolute Gasteiger partial charge is 0.306 e. The first kappa shape index (κ1) is 19.6. The molecule has 0 radical (unpaired) electrons. The predicted octanol–water partition coefficient (Wildman–Crippen LogP) is 1.73. The molecule has 0 atom stereocenters. The molecule has 0 spiro atoms. The third-order valence-electron chi connectivity index (χ3n) is 3.10. The number of carbonyl (C=O) groups excluding carboxylic acids is 3. The van der Waals surface area contributed by atoms with E-state index < -0.39 is 5.97 Å². The van der Waals surface area contributed by atoms with E-state index in [1.807, 2.05) is 0 Å². The van der Waals surface area contributed by atoms with Crippen LogP contribution >= 0.6 is 0 Å². The zero-order chi connectivity index (χ0) is 17.8. The number of methoxy groups -OCH3 is 1. The van der Waals surface area contributed by atoms with Crippen LogP contribution in [0.3, 0.4) is 0 Å². The first-order valence-electron chi connectivity index (χ1n) is 7.89. The molecule has 0 aliphatic carbocycles. The number of hydrogen-bond donors (Lipinski definition) is 2. The van der Waals surface area contributed by atoms with E-state index >= 15 is 0 Å². The Bertz CT molecular complexity index is 542. The molecule has 0 unspecified atom stereocenters. The maximum atomic E-state index is 11.9. The van der Waals surface area contributed by atoms with Crippen LogP contribution in [0.1, 0.15) is 36.5 Å². The van der Waals surface area contributed by atoms with Crippen LogP contribution in [0.15, 0.2) is 24.3 Å². The van der Waals surface area contributed by atoms with Gasteiger partial charge in [0.25, 0.3) is 5.91 Å². The lowest BCUT2D eigenvalue weighted by atomic mass is 10.2. The highest BCUT2D eigenvalue weighted by Crippen LogP contribution is 2.10. The number of nitrogens with one attached hydrogen (secondary N) is 2. The summed E-state index contributed by atoms with van der Waals surface area (Å²) in [5.41, 5.74) is 1.08. The van der Waals surface area contributed by atoms with E-state index in [1.54, 1.807) is 38.3 Å². The van der Waals surface area contributed by atoms with E-state index in [2.05, 4.69) is 10.6 Å². The van der Waals surface area contributed by atoms with E-state index in [0.29, 0.717) is 31.0 Å². The average Bonchev–Trinajstić information content (AvgIpc) is 2.58. The van der Waals surface area contributed by atoms with Gasteiger partial charge in [0, 0.05) is 37.9 Å². The molecule has 0 saturated heterocycles. The lowest BCUT2D eigenvalue weighted by Crippen LogP contribution is -2.25. The highest BCUT2D eigenvalue weighted by atomic mass is 16.5. The minimum absolute atomic E-state index is 0.0433. The lowest BCUT2D eigenvalue weighted by molar-refractivity contribution is -0.144. The van der Waals surface area contributed by atoms with Gasteiger partial charge in [0.15, 0.2) is 0 Å². The lowest BCUT2D eigenvalue weighted by Gasteiger charge is -2.07. The topological polar surface area (TPSA) is 93.7 Å². The molecule has 1 aromatic carbocycles. The van der Waals surface area contributed by atoms with Crippen molar-refractivity contribution in [2.45, 2.75) is 26.2 Å². The molecule has 7 nitrogen and oxygen atoms in total. The molecule has 0 aromatic heterocycles. The summed E-state index contributed by atoms with van der Waals surface area (Å²) in [6.07, 6.45) is 0.846. The highest BCUT2D eigenvalue weighted by molar-refractivity contribution is 5.96. The fourth-order valence-corrected chi connectivity index (χ4v) is 1.90. The Morgan fingerprint density at radius 3 is 2.42 bits per heavy atom. The molecule has 132 valence electrons. The molecule has 1 aromatic rings. The molecule has 0 aliphatic rings. The second-order valence-corrected chi connectivity index (χ2v) is 5.03. The van der Waals surface area contributed by atoms with Gasteiger partial charge >= 0.3 is 5.97 Å². The van der Waals surface area contributed by atoms with E-state index in [4.69, 9.17) is 9.47 Å². The second-order valence-electron chi connectivity index (χ2n) is 5.03. The Morgan fingerprint density at radius 2 is 1.79 bits per heavy atom. The van der Waals surface area contributed by atoms with Gasteiger partial charge in [0.05, 0.1) is 13.0 Å². The summed E-state index contributed by atoms with van der Waals surface area (Å²) in [7, 11) is 1.61. The Balaban J connectivity index is 2.39. The summed E-state index contributed by atoms with van der Waals surface area (Å²) < 4.78 is 9.67. The Morgan fingerprint density at radius 1 is 1.08 bits per heavy atom. The number of anilines is 1. The predicted molar refractivity (Wildman–Crippen MR) is 89.8 cm³/mol. The fourth-order valence-electron chi connectivity index (χ4n) is 1.90. The van der Waals surface area contributed by atoms with Crippen molar-refractivity contribution < 1.29 is 23.9 Å². The standard InChI is InChI=1S/C17H24N2O5/c1-3-24-16(21)10-9-15(20)19-14-7-5-13(6-8-14)17(22)18-11-4-12-23-2/h5-8H,3-4,9-12H2,1-2H3,(H,18,22)(H,19,20). The van der Waals surface area contributed by atoms with Crippen molar-refractivity contribution in [1.29, 1.82) is 0 Å². The third-order valence-corrected chi connectivity index (χ3v) is 3.10. The molecule has 2 N–H and O–H groups in total. The number of rotatable bonds is 10. The van der Waals surface area contributed by atoms with Gasteiger partial charge < -0.3 is 20.1 Å². The van der Waals surface area contributed by atoms with Crippen LogP contribution in [0.5, 0.6) is 0 Å². The maximum Gasteiger partial charge on any atom is 0.306 e. The zero-order valence-electron chi connectivity index (χ0n) is 14.1. The van der Waals surface area contributed by atoms with Crippen molar-refractivity contribution in [3.05, 3.63) is 29.8 Å². The summed E-state index contributed by atoms with van der Waals surface area (Å²) in [6.45, 7) is 3.15. The fraction of sp³-hybridized carbons (Fsp3) is 0.471. The minimum Gasteiger partial charge on any atom is -0.466 e. The monoisotopic (exact) mass is 336 g/mol. The van der Waals surface area contributed by atoms with Gasteiger partial charge in [-0.2, -0.15) is 0 Å².